The second kappa shape index (κ2) is 8.98. The van der Waals surface area contributed by atoms with E-state index in [9.17, 15) is 18.0 Å². The molecule has 168 valence electrons. The monoisotopic (exact) mass is 436 g/mol. The minimum atomic E-state index is -4.43. The summed E-state index contributed by atoms with van der Waals surface area (Å²) in [4.78, 5) is 21.2. The summed E-state index contributed by atoms with van der Waals surface area (Å²) in [5.41, 5.74) is -0.483. The zero-order valence-electron chi connectivity index (χ0n) is 17.6. The summed E-state index contributed by atoms with van der Waals surface area (Å²) in [5.74, 6) is 0.943. The zero-order valence-corrected chi connectivity index (χ0v) is 17.6. The summed E-state index contributed by atoms with van der Waals surface area (Å²) in [7, 11) is 0. The SMILES string of the molecule is CC(c1nc(-c2cccc(C(F)(F)F)c2)no1)N1CCN(C(=O)C2CCCCC2)CC1. The van der Waals surface area contributed by atoms with Crippen molar-refractivity contribution in [2.75, 3.05) is 26.2 Å². The van der Waals surface area contributed by atoms with Crippen LogP contribution in [0, 0.1) is 5.92 Å². The average Bonchev–Trinajstić information content (AvgIpc) is 3.29. The second-order valence-corrected chi connectivity index (χ2v) is 8.41. The van der Waals surface area contributed by atoms with E-state index < -0.39 is 11.7 Å². The maximum absolute atomic E-state index is 13.0. The molecule has 1 atom stereocenters. The van der Waals surface area contributed by atoms with Crippen molar-refractivity contribution in [3.8, 4) is 11.4 Å². The third-order valence-corrected chi connectivity index (χ3v) is 6.38. The zero-order chi connectivity index (χ0) is 22.0. The molecule has 1 amide bonds. The van der Waals surface area contributed by atoms with Crippen LogP contribution in [0.15, 0.2) is 28.8 Å². The molecule has 6 nitrogen and oxygen atoms in total. The third kappa shape index (κ3) is 4.92. The van der Waals surface area contributed by atoms with Gasteiger partial charge in [0.05, 0.1) is 11.6 Å². The van der Waals surface area contributed by atoms with E-state index in [4.69, 9.17) is 4.52 Å². The van der Waals surface area contributed by atoms with Crippen LogP contribution in [-0.4, -0.2) is 52.0 Å². The molecule has 2 heterocycles. The molecule has 1 aliphatic heterocycles. The number of aromatic nitrogens is 2. The number of rotatable bonds is 4. The van der Waals surface area contributed by atoms with E-state index in [1.54, 1.807) is 0 Å². The van der Waals surface area contributed by atoms with Gasteiger partial charge in [-0.05, 0) is 31.9 Å². The minimum absolute atomic E-state index is 0.138. The maximum atomic E-state index is 13.0. The number of nitrogens with zero attached hydrogens (tertiary/aromatic N) is 4. The Hall–Kier alpha value is -2.42. The van der Waals surface area contributed by atoms with Crippen molar-refractivity contribution >= 4 is 5.91 Å². The van der Waals surface area contributed by atoms with Crippen LogP contribution in [0.5, 0.6) is 0 Å². The van der Waals surface area contributed by atoms with Crippen molar-refractivity contribution in [3.63, 3.8) is 0 Å². The minimum Gasteiger partial charge on any atom is -0.340 e. The number of piperazine rings is 1. The lowest BCUT2D eigenvalue weighted by Crippen LogP contribution is -2.51. The summed E-state index contributed by atoms with van der Waals surface area (Å²) < 4.78 is 44.3. The third-order valence-electron chi connectivity index (χ3n) is 6.38. The summed E-state index contributed by atoms with van der Waals surface area (Å²) in [6, 6.07) is 4.72. The molecule has 0 bridgehead atoms. The van der Waals surface area contributed by atoms with E-state index >= 15 is 0 Å². The summed E-state index contributed by atoms with van der Waals surface area (Å²) in [6.45, 7) is 4.65. The van der Waals surface area contributed by atoms with Crippen LogP contribution in [0.1, 0.15) is 56.5 Å². The lowest BCUT2D eigenvalue weighted by atomic mass is 9.88. The van der Waals surface area contributed by atoms with Crippen LogP contribution in [0.4, 0.5) is 13.2 Å². The fourth-order valence-corrected chi connectivity index (χ4v) is 4.45. The molecular formula is C22H27F3N4O2. The highest BCUT2D eigenvalue weighted by Gasteiger charge is 2.32. The molecule has 2 aromatic rings. The van der Waals surface area contributed by atoms with Gasteiger partial charge in [0, 0.05) is 37.7 Å². The van der Waals surface area contributed by atoms with Crippen LogP contribution in [-0.2, 0) is 11.0 Å². The fourth-order valence-electron chi connectivity index (χ4n) is 4.45. The number of halogens is 3. The predicted octanol–water partition coefficient (Wildman–Crippen LogP) is 4.54. The van der Waals surface area contributed by atoms with E-state index in [2.05, 4.69) is 15.0 Å². The molecule has 0 N–H and O–H groups in total. The highest BCUT2D eigenvalue weighted by atomic mass is 19.4. The van der Waals surface area contributed by atoms with Crippen molar-refractivity contribution in [1.29, 1.82) is 0 Å². The van der Waals surface area contributed by atoms with Gasteiger partial charge in [-0.1, -0.05) is 36.6 Å². The number of amides is 1. The first-order chi connectivity index (χ1) is 14.8. The van der Waals surface area contributed by atoms with Crippen molar-refractivity contribution in [1.82, 2.24) is 19.9 Å². The normalized spacial score (nSPS) is 20.1. The standard InChI is InChI=1S/C22H27F3N4O2/c1-15(28-10-12-29(13-11-28)21(30)16-6-3-2-4-7-16)20-26-19(27-31-20)17-8-5-9-18(14-17)22(23,24)25/h5,8-9,14-16H,2-4,6-7,10-13H2,1H3. The maximum Gasteiger partial charge on any atom is 0.416 e. The number of carbonyl (C=O) groups excluding carboxylic acids is 1. The molecule has 0 spiro atoms. The van der Waals surface area contributed by atoms with Crippen LogP contribution in [0.3, 0.4) is 0 Å². The summed E-state index contributed by atoms with van der Waals surface area (Å²) in [5, 5.41) is 3.89. The van der Waals surface area contributed by atoms with E-state index in [0.717, 1.165) is 37.8 Å². The molecule has 1 aromatic heterocycles. The average molecular weight is 436 g/mol. The molecule has 1 aliphatic carbocycles. The predicted molar refractivity (Wildman–Crippen MR) is 108 cm³/mol. The molecule has 2 fully saturated rings. The molecule has 2 aliphatic rings. The van der Waals surface area contributed by atoms with Gasteiger partial charge in [0.2, 0.25) is 17.6 Å². The van der Waals surface area contributed by atoms with Gasteiger partial charge in [0.25, 0.3) is 0 Å². The van der Waals surface area contributed by atoms with Crippen LogP contribution >= 0.6 is 0 Å². The van der Waals surface area contributed by atoms with Crippen LogP contribution < -0.4 is 0 Å². The first-order valence-corrected chi connectivity index (χ1v) is 10.9. The van der Waals surface area contributed by atoms with E-state index in [1.807, 2.05) is 11.8 Å². The van der Waals surface area contributed by atoms with Gasteiger partial charge in [-0.25, -0.2) is 0 Å². The quantitative estimate of drug-likeness (QED) is 0.704. The van der Waals surface area contributed by atoms with Crippen molar-refractivity contribution < 1.29 is 22.5 Å². The van der Waals surface area contributed by atoms with Gasteiger partial charge in [-0.3, -0.25) is 9.69 Å². The largest absolute Gasteiger partial charge is 0.416 e. The lowest BCUT2D eigenvalue weighted by Gasteiger charge is -2.38. The highest BCUT2D eigenvalue weighted by molar-refractivity contribution is 5.79. The Morgan fingerprint density at radius 2 is 1.84 bits per heavy atom. The molecule has 31 heavy (non-hydrogen) atoms. The van der Waals surface area contributed by atoms with E-state index in [-0.39, 0.29) is 29.3 Å². The summed E-state index contributed by atoms with van der Waals surface area (Å²) >= 11 is 0. The van der Waals surface area contributed by atoms with Crippen LogP contribution in [0.25, 0.3) is 11.4 Å². The number of hydrogen-bond donors (Lipinski definition) is 0. The van der Waals surface area contributed by atoms with E-state index in [1.165, 1.54) is 18.6 Å². The Kier molecular flexibility index (Phi) is 6.31. The van der Waals surface area contributed by atoms with Gasteiger partial charge in [-0.15, -0.1) is 0 Å². The summed E-state index contributed by atoms with van der Waals surface area (Å²) in [6.07, 6.45) is 1.06. The van der Waals surface area contributed by atoms with Gasteiger partial charge >= 0.3 is 6.18 Å². The Bertz CT molecular complexity index is 900. The number of hydrogen-bond acceptors (Lipinski definition) is 5. The van der Waals surface area contributed by atoms with Crippen molar-refractivity contribution in [2.24, 2.45) is 5.92 Å². The van der Waals surface area contributed by atoms with Crippen molar-refractivity contribution in [3.05, 3.63) is 35.7 Å². The van der Waals surface area contributed by atoms with Gasteiger partial charge in [-0.2, -0.15) is 18.2 Å². The first kappa shape index (κ1) is 21.8. The van der Waals surface area contributed by atoms with Gasteiger partial charge in [0.1, 0.15) is 0 Å². The molecule has 4 rings (SSSR count). The Morgan fingerprint density at radius 1 is 1.13 bits per heavy atom. The molecule has 1 aromatic carbocycles. The van der Waals surface area contributed by atoms with Gasteiger partial charge in [0.15, 0.2) is 0 Å². The first-order valence-electron chi connectivity index (χ1n) is 10.9. The number of alkyl halides is 3. The molecule has 1 saturated heterocycles. The lowest BCUT2D eigenvalue weighted by molar-refractivity contribution is -0.139. The van der Waals surface area contributed by atoms with Crippen LogP contribution in [0.2, 0.25) is 0 Å². The number of benzene rings is 1. The van der Waals surface area contributed by atoms with Gasteiger partial charge < -0.3 is 9.42 Å². The Labute approximate surface area is 179 Å². The number of carbonyl (C=O) groups is 1. The Balaban J connectivity index is 1.37. The second-order valence-electron chi connectivity index (χ2n) is 8.41. The highest BCUT2D eigenvalue weighted by Crippen LogP contribution is 2.32. The van der Waals surface area contributed by atoms with E-state index in [0.29, 0.717) is 32.1 Å². The molecule has 9 heteroatoms. The molecule has 1 unspecified atom stereocenters. The smallest absolute Gasteiger partial charge is 0.340 e. The Morgan fingerprint density at radius 3 is 2.52 bits per heavy atom. The fraction of sp³-hybridized carbons (Fsp3) is 0.591. The molecule has 1 saturated carbocycles. The van der Waals surface area contributed by atoms with Crippen molar-refractivity contribution in [2.45, 2.75) is 51.2 Å². The topological polar surface area (TPSA) is 62.5 Å². The molecular weight excluding hydrogens is 409 g/mol. The molecule has 0 radical (unpaired) electrons.